The Labute approximate surface area is 63.3 Å². The third-order valence-corrected chi connectivity index (χ3v) is 0.568. The summed E-state index contributed by atoms with van der Waals surface area (Å²) in [6.07, 6.45) is 1.48. The summed E-state index contributed by atoms with van der Waals surface area (Å²) in [4.78, 5) is 9.62. The van der Waals surface area contributed by atoms with Gasteiger partial charge in [-0.15, -0.1) is 0 Å². The molecule has 0 amide bonds. The highest BCUT2D eigenvalue weighted by Crippen LogP contribution is 1.92. The summed E-state index contributed by atoms with van der Waals surface area (Å²) in [6.45, 7) is 7.49. The number of aldehydes is 1. The van der Waals surface area contributed by atoms with Crippen molar-refractivity contribution in [3.8, 4) is 0 Å². The molecule has 62 valence electrons. The molecular weight excluding hydrogens is 128 g/mol. The minimum atomic E-state index is -0.167. The van der Waals surface area contributed by atoms with Crippen LogP contribution >= 0.6 is 0 Å². The molecule has 2 heteroatoms. The van der Waals surface area contributed by atoms with Crippen LogP contribution in [-0.2, 0) is 4.79 Å². The number of aliphatic hydroxyl groups excluding tert-OH is 1. The zero-order valence-corrected chi connectivity index (χ0v) is 7.29. The van der Waals surface area contributed by atoms with Crippen LogP contribution in [0.5, 0.6) is 0 Å². The lowest BCUT2D eigenvalue weighted by Gasteiger charge is -1.89. The Bertz CT molecular complexity index is 64.9. The number of carbonyl (C=O) groups excluding carboxylic acids is 1. The van der Waals surface area contributed by atoms with Crippen LogP contribution < -0.4 is 0 Å². The van der Waals surface area contributed by atoms with Crippen LogP contribution in [0, 0.1) is 5.92 Å². The highest BCUT2D eigenvalue weighted by Gasteiger charge is 1.85. The van der Waals surface area contributed by atoms with E-state index >= 15 is 0 Å². The van der Waals surface area contributed by atoms with Crippen molar-refractivity contribution in [2.24, 2.45) is 5.92 Å². The van der Waals surface area contributed by atoms with Gasteiger partial charge in [0.05, 0.1) is 0 Å². The SMILES string of the molecule is CC(C)CC=O.CC(C)O. The third kappa shape index (κ3) is 48.5. The van der Waals surface area contributed by atoms with Gasteiger partial charge in [-0.1, -0.05) is 13.8 Å². The molecule has 1 N–H and O–H groups in total. The Morgan fingerprint density at radius 2 is 1.60 bits per heavy atom. The van der Waals surface area contributed by atoms with Gasteiger partial charge in [-0.05, 0) is 19.8 Å². The van der Waals surface area contributed by atoms with Crippen LogP contribution in [0.15, 0.2) is 0 Å². The Morgan fingerprint density at radius 3 is 1.60 bits per heavy atom. The summed E-state index contributed by atoms with van der Waals surface area (Å²) in [6, 6.07) is 0. The van der Waals surface area contributed by atoms with Gasteiger partial charge in [-0.25, -0.2) is 0 Å². The minimum absolute atomic E-state index is 0.167. The maximum Gasteiger partial charge on any atom is 0.120 e. The summed E-state index contributed by atoms with van der Waals surface area (Å²) in [5.74, 6) is 0.530. The summed E-state index contributed by atoms with van der Waals surface area (Å²) < 4.78 is 0. The van der Waals surface area contributed by atoms with E-state index in [0.717, 1.165) is 6.29 Å². The van der Waals surface area contributed by atoms with Gasteiger partial charge in [-0.3, -0.25) is 0 Å². The molecule has 2 nitrogen and oxygen atoms in total. The molecule has 0 fully saturated rings. The molecule has 0 atom stereocenters. The minimum Gasteiger partial charge on any atom is -0.394 e. The molecule has 0 rings (SSSR count). The van der Waals surface area contributed by atoms with E-state index in [-0.39, 0.29) is 6.10 Å². The number of rotatable bonds is 2. The van der Waals surface area contributed by atoms with E-state index in [2.05, 4.69) is 0 Å². The number of hydrogen-bond donors (Lipinski definition) is 1. The molecule has 0 aromatic rings. The Hall–Kier alpha value is -0.370. The van der Waals surface area contributed by atoms with Crippen molar-refractivity contribution < 1.29 is 9.90 Å². The van der Waals surface area contributed by atoms with Crippen molar-refractivity contribution in [1.82, 2.24) is 0 Å². The van der Waals surface area contributed by atoms with Crippen LogP contribution in [0.1, 0.15) is 34.1 Å². The van der Waals surface area contributed by atoms with Gasteiger partial charge < -0.3 is 9.90 Å². The van der Waals surface area contributed by atoms with Crippen LogP contribution in [0.2, 0.25) is 0 Å². The molecule has 0 radical (unpaired) electrons. The van der Waals surface area contributed by atoms with Crippen molar-refractivity contribution in [3.05, 3.63) is 0 Å². The van der Waals surface area contributed by atoms with E-state index in [1.165, 1.54) is 0 Å². The third-order valence-electron chi connectivity index (χ3n) is 0.568. The van der Waals surface area contributed by atoms with Gasteiger partial charge in [0.1, 0.15) is 6.29 Å². The molecule has 0 spiro atoms. The number of carbonyl (C=O) groups is 1. The van der Waals surface area contributed by atoms with Gasteiger partial charge in [-0.2, -0.15) is 0 Å². The molecule has 0 unspecified atom stereocenters. The van der Waals surface area contributed by atoms with Crippen molar-refractivity contribution in [3.63, 3.8) is 0 Å². The Balaban J connectivity index is 0. The average molecular weight is 146 g/mol. The topological polar surface area (TPSA) is 37.3 Å². The molecular formula is C8H18O2. The van der Waals surface area contributed by atoms with E-state index in [0.29, 0.717) is 12.3 Å². The summed E-state index contributed by atoms with van der Waals surface area (Å²) in [5, 5.41) is 8.06. The van der Waals surface area contributed by atoms with Crippen molar-refractivity contribution in [1.29, 1.82) is 0 Å². The fourth-order valence-electron chi connectivity index (χ4n) is 0.192. The Morgan fingerprint density at radius 1 is 1.30 bits per heavy atom. The fourth-order valence-corrected chi connectivity index (χ4v) is 0.192. The smallest absolute Gasteiger partial charge is 0.120 e. The first-order valence-electron chi connectivity index (χ1n) is 3.62. The molecule has 0 bridgehead atoms. The largest absolute Gasteiger partial charge is 0.394 e. The maximum absolute atomic E-state index is 9.62. The van der Waals surface area contributed by atoms with Crippen molar-refractivity contribution >= 4 is 6.29 Å². The standard InChI is InChI=1S/C5H10O.C3H8O/c1-5(2)3-4-6;1-3(2)4/h4-5H,3H2,1-2H3;3-4H,1-2H3. The lowest BCUT2D eigenvalue weighted by molar-refractivity contribution is -0.108. The number of aliphatic hydroxyl groups is 1. The van der Waals surface area contributed by atoms with E-state index < -0.39 is 0 Å². The monoisotopic (exact) mass is 146 g/mol. The van der Waals surface area contributed by atoms with Gasteiger partial charge in [0.15, 0.2) is 0 Å². The molecule has 0 aromatic carbocycles. The molecule has 0 aliphatic heterocycles. The molecule has 0 heterocycles. The van der Waals surface area contributed by atoms with Crippen LogP contribution in [0.25, 0.3) is 0 Å². The predicted octanol–water partition coefficient (Wildman–Crippen LogP) is 1.62. The van der Waals surface area contributed by atoms with Crippen molar-refractivity contribution in [2.75, 3.05) is 0 Å². The molecule has 0 saturated heterocycles. The molecule has 0 aliphatic carbocycles. The van der Waals surface area contributed by atoms with E-state index in [1.807, 2.05) is 13.8 Å². The van der Waals surface area contributed by atoms with Crippen molar-refractivity contribution in [2.45, 2.75) is 40.2 Å². The summed E-state index contributed by atoms with van der Waals surface area (Å²) >= 11 is 0. The second kappa shape index (κ2) is 8.63. The lowest BCUT2D eigenvalue weighted by atomic mass is 10.2. The average Bonchev–Trinajstić information content (AvgIpc) is 1.62. The Kier molecular flexibility index (Phi) is 10.6. The zero-order valence-electron chi connectivity index (χ0n) is 7.29. The molecule has 0 aromatic heterocycles. The summed E-state index contributed by atoms with van der Waals surface area (Å²) in [5.41, 5.74) is 0. The van der Waals surface area contributed by atoms with Crippen LogP contribution in [-0.4, -0.2) is 17.5 Å². The highest BCUT2D eigenvalue weighted by molar-refractivity contribution is 5.49. The quantitative estimate of drug-likeness (QED) is 0.601. The van der Waals surface area contributed by atoms with Gasteiger partial charge >= 0.3 is 0 Å². The lowest BCUT2D eigenvalue weighted by Crippen LogP contribution is -1.85. The van der Waals surface area contributed by atoms with E-state index in [4.69, 9.17) is 5.11 Å². The summed E-state index contributed by atoms with van der Waals surface area (Å²) in [7, 11) is 0. The fraction of sp³-hybridized carbons (Fsp3) is 0.875. The van der Waals surface area contributed by atoms with E-state index in [1.54, 1.807) is 13.8 Å². The predicted molar refractivity (Wildman–Crippen MR) is 42.9 cm³/mol. The zero-order chi connectivity index (χ0) is 8.57. The first kappa shape index (κ1) is 12.3. The van der Waals surface area contributed by atoms with Gasteiger partial charge in [0.2, 0.25) is 0 Å². The molecule has 0 aliphatic rings. The van der Waals surface area contributed by atoms with E-state index in [9.17, 15) is 4.79 Å². The normalized spacial score (nSPS) is 9.10. The highest BCUT2D eigenvalue weighted by atomic mass is 16.3. The van der Waals surface area contributed by atoms with Crippen LogP contribution in [0.3, 0.4) is 0 Å². The molecule has 0 saturated carbocycles. The first-order valence-corrected chi connectivity index (χ1v) is 3.62. The van der Waals surface area contributed by atoms with Gasteiger partial charge in [0, 0.05) is 12.5 Å². The van der Waals surface area contributed by atoms with Crippen LogP contribution in [0.4, 0.5) is 0 Å². The maximum atomic E-state index is 9.62. The molecule has 10 heavy (non-hydrogen) atoms. The second-order valence-corrected chi connectivity index (χ2v) is 2.89. The first-order chi connectivity index (χ1) is 4.50. The second-order valence-electron chi connectivity index (χ2n) is 2.89. The number of hydrogen-bond acceptors (Lipinski definition) is 2. The van der Waals surface area contributed by atoms with Gasteiger partial charge in [0.25, 0.3) is 0 Å².